The van der Waals surface area contributed by atoms with E-state index in [1.807, 2.05) is 25.1 Å². The highest BCUT2D eigenvalue weighted by atomic mass is 16.3. The predicted octanol–water partition coefficient (Wildman–Crippen LogP) is 1.44. The van der Waals surface area contributed by atoms with Crippen LogP contribution in [0.2, 0.25) is 0 Å². The van der Waals surface area contributed by atoms with Gasteiger partial charge in [0, 0.05) is 18.7 Å². The number of hydrogen-bond acceptors (Lipinski definition) is 6. The highest BCUT2D eigenvalue weighted by Crippen LogP contribution is 2.10. The van der Waals surface area contributed by atoms with Crippen molar-refractivity contribution in [3.8, 4) is 0 Å². The highest BCUT2D eigenvalue weighted by Gasteiger charge is 2.01. The van der Waals surface area contributed by atoms with Gasteiger partial charge in [-0.1, -0.05) is 0 Å². The molecule has 1 unspecified atom stereocenters. The Balaban J connectivity index is 1.90. The van der Waals surface area contributed by atoms with Crippen LogP contribution in [0.3, 0.4) is 0 Å². The predicted molar refractivity (Wildman–Crippen MR) is 70.2 cm³/mol. The van der Waals surface area contributed by atoms with Gasteiger partial charge in [-0.25, -0.2) is 9.97 Å². The van der Waals surface area contributed by atoms with Gasteiger partial charge in [-0.15, -0.1) is 0 Å². The first-order valence-electron chi connectivity index (χ1n) is 5.82. The molecule has 0 saturated heterocycles. The van der Waals surface area contributed by atoms with E-state index in [9.17, 15) is 0 Å². The van der Waals surface area contributed by atoms with Crippen LogP contribution in [-0.2, 0) is 6.54 Å². The first-order chi connectivity index (χ1) is 8.74. The molecule has 18 heavy (non-hydrogen) atoms. The normalized spacial score (nSPS) is 12.1. The van der Waals surface area contributed by atoms with Crippen molar-refractivity contribution < 1.29 is 4.42 Å². The molecule has 0 saturated carbocycles. The van der Waals surface area contributed by atoms with E-state index in [0.717, 1.165) is 17.4 Å². The van der Waals surface area contributed by atoms with Gasteiger partial charge in [-0.05, 0) is 19.1 Å². The summed E-state index contributed by atoms with van der Waals surface area (Å²) in [6.45, 7) is 3.20. The zero-order chi connectivity index (χ0) is 12.8. The summed E-state index contributed by atoms with van der Waals surface area (Å²) >= 11 is 0. The third-order valence-corrected chi connectivity index (χ3v) is 2.30. The first-order valence-corrected chi connectivity index (χ1v) is 5.82. The van der Waals surface area contributed by atoms with Crippen molar-refractivity contribution in [2.45, 2.75) is 19.5 Å². The summed E-state index contributed by atoms with van der Waals surface area (Å²) < 4.78 is 5.23. The molecule has 2 heterocycles. The topological polar surface area (TPSA) is 89.0 Å². The van der Waals surface area contributed by atoms with Crippen molar-refractivity contribution in [1.29, 1.82) is 0 Å². The lowest BCUT2D eigenvalue weighted by atomic mass is 10.3. The summed E-state index contributed by atoms with van der Waals surface area (Å²) in [6.07, 6.45) is 3.15. The van der Waals surface area contributed by atoms with Crippen molar-refractivity contribution in [3.05, 3.63) is 36.5 Å². The van der Waals surface area contributed by atoms with E-state index < -0.39 is 0 Å². The van der Waals surface area contributed by atoms with Crippen LogP contribution >= 0.6 is 0 Å². The average Bonchev–Trinajstić information content (AvgIpc) is 2.87. The molecule has 6 heteroatoms. The molecule has 0 spiro atoms. The minimum absolute atomic E-state index is 0.0829. The molecule has 1 atom stereocenters. The van der Waals surface area contributed by atoms with Crippen molar-refractivity contribution in [1.82, 2.24) is 9.97 Å². The quantitative estimate of drug-likeness (QED) is 0.715. The Morgan fingerprint density at radius 1 is 1.33 bits per heavy atom. The van der Waals surface area contributed by atoms with E-state index in [2.05, 4.69) is 20.6 Å². The fraction of sp³-hybridized carbons (Fsp3) is 0.333. The molecule has 96 valence electrons. The number of furan rings is 1. The minimum atomic E-state index is 0.0829. The molecular weight excluding hydrogens is 230 g/mol. The first kappa shape index (κ1) is 12.4. The second-order valence-electron chi connectivity index (χ2n) is 4.08. The Bertz CT molecular complexity index is 469. The standard InChI is InChI=1S/C12H17N5O/c1-9(13)6-14-11-5-12(17-8-16-11)15-7-10-3-2-4-18-10/h2-5,8-9H,6-7,13H2,1H3,(H2,14,15,16,17). The lowest BCUT2D eigenvalue weighted by molar-refractivity contribution is 0.518. The van der Waals surface area contributed by atoms with Gasteiger partial charge in [0.25, 0.3) is 0 Å². The summed E-state index contributed by atoms with van der Waals surface area (Å²) in [7, 11) is 0. The van der Waals surface area contributed by atoms with Gasteiger partial charge in [0.05, 0.1) is 12.8 Å². The van der Waals surface area contributed by atoms with Gasteiger partial charge in [-0.2, -0.15) is 0 Å². The van der Waals surface area contributed by atoms with E-state index in [-0.39, 0.29) is 6.04 Å². The summed E-state index contributed by atoms with van der Waals surface area (Å²) in [6, 6.07) is 5.68. The summed E-state index contributed by atoms with van der Waals surface area (Å²) in [5.41, 5.74) is 5.67. The van der Waals surface area contributed by atoms with Crippen LogP contribution in [0.5, 0.6) is 0 Å². The molecular formula is C12H17N5O. The number of nitrogens with two attached hydrogens (primary N) is 1. The molecule has 0 bridgehead atoms. The van der Waals surface area contributed by atoms with Crippen LogP contribution in [0.1, 0.15) is 12.7 Å². The number of hydrogen-bond donors (Lipinski definition) is 3. The molecule has 2 aromatic heterocycles. The van der Waals surface area contributed by atoms with Gasteiger partial charge in [0.15, 0.2) is 0 Å². The van der Waals surface area contributed by atoms with E-state index in [0.29, 0.717) is 13.1 Å². The van der Waals surface area contributed by atoms with Crippen molar-refractivity contribution in [2.75, 3.05) is 17.2 Å². The van der Waals surface area contributed by atoms with Crippen LogP contribution in [0.15, 0.2) is 35.2 Å². The molecule has 0 amide bonds. The number of rotatable bonds is 6. The second-order valence-corrected chi connectivity index (χ2v) is 4.08. The van der Waals surface area contributed by atoms with E-state index >= 15 is 0 Å². The molecule has 6 nitrogen and oxygen atoms in total. The highest BCUT2D eigenvalue weighted by molar-refractivity contribution is 5.46. The molecule has 0 aromatic carbocycles. The molecule has 2 rings (SSSR count). The van der Waals surface area contributed by atoms with Gasteiger partial charge in [0.2, 0.25) is 0 Å². The molecule has 4 N–H and O–H groups in total. The van der Waals surface area contributed by atoms with Crippen molar-refractivity contribution in [2.24, 2.45) is 5.73 Å². The number of aromatic nitrogens is 2. The van der Waals surface area contributed by atoms with Gasteiger partial charge >= 0.3 is 0 Å². The molecule has 0 aliphatic carbocycles. The zero-order valence-corrected chi connectivity index (χ0v) is 10.3. The second kappa shape index (κ2) is 6.02. The maximum Gasteiger partial charge on any atom is 0.131 e. The third kappa shape index (κ3) is 3.74. The van der Waals surface area contributed by atoms with Crippen LogP contribution in [0, 0.1) is 0 Å². The van der Waals surface area contributed by atoms with E-state index in [4.69, 9.17) is 10.2 Å². The Morgan fingerprint density at radius 2 is 2.11 bits per heavy atom. The molecule has 0 aliphatic rings. The van der Waals surface area contributed by atoms with E-state index in [1.165, 1.54) is 6.33 Å². The summed E-state index contributed by atoms with van der Waals surface area (Å²) in [5, 5.41) is 6.30. The monoisotopic (exact) mass is 247 g/mol. The Labute approximate surface area is 106 Å². The van der Waals surface area contributed by atoms with Crippen molar-refractivity contribution in [3.63, 3.8) is 0 Å². The Hall–Kier alpha value is -2.08. The lowest BCUT2D eigenvalue weighted by Crippen LogP contribution is -2.25. The molecule has 0 radical (unpaired) electrons. The fourth-order valence-electron chi connectivity index (χ4n) is 1.41. The molecule has 2 aromatic rings. The van der Waals surface area contributed by atoms with Crippen molar-refractivity contribution >= 4 is 11.6 Å². The number of anilines is 2. The third-order valence-electron chi connectivity index (χ3n) is 2.30. The van der Waals surface area contributed by atoms with Gasteiger partial charge < -0.3 is 20.8 Å². The number of nitrogens with one attached hydrogen (secondary N) is 2. The number of nitrogens with zero attached hydrogens (tertiary/aromatic N) is 2. The average molecular weight is 247 g/mol. The lowest BCUT2D eigenvalue weighted by Gasteiger charge is -2.09. The smallest absolute Gasteiger partial charge is 0.131 e. The maximum atomic E-state index is 5.67. The van der Waals surface area contributed by atoms with Gasteiger partial charge in [0.1, 0.15) is 23.7 Å². The van der Waals surface area contributed by atoms with Crippen LogP contribution in [-0.4, -0.2) is 22.6 Å². The fourth-order valence-corrected chi connectivity index (χ4v) is 1.41. The van der Waals surface area contributed by atoms with Crippen LogP contribution < -0.4 is 16.4 Å². The summed E-state index contributed by atoms with van der Waals surface area (Å²) in [4.78, 5) is 8.25. The van der Waals surface area contributed by atoms with Crippen LogP contribution in [0.25, 0.3) is 0 Å². The minimum Gasteiger partial charge on any atom is -0.467 e. The zero-order valence-electron chi connectivity index (χ0n) is 10.3. The maximum absolute atomic E-state index is 5.67. The Morgan fingerprint density at radius 3 is 2.78 bits per heavy atom. The van der Waals surface area contributed by atoms with Crippen LogP contribution in [0.4, 0.5) is 11.6 Å². The summed E-state index contributed by atoms with van der Waals surface area (Å²) in [5.74, 6) is 2.36. The van der Waals surface area contributed by atoms with E-state index in [1.54, 1.807) is 6.26 Å². The largest absolute Gasteiger partial charge is 0.467 e. The Kier molecular flexibility index (Phi) is 4.14. The molecule has 0 aliphatic heterocycles. The SMILES string of the molecule is CC(N)CNc1cc(NCc2ccco2)ncn1. The molecule has 0 fully saturated rings. The van der Waals surface area contributed by atoms with Gasteiger partial charge in [-0.3, -0.25) is 0 Å².